The Morgan fingerprint density at radius 1 is 1.42 bits per heavy atom. The summed E-state index contributed by atoms with van der Waals surface area (Å²) in [6.07, 6.45) is 7.19. The van der Waals surface area contributed by atoms with Crippen LogP contribution in [0.15, 0.2) is 24.8 Å². The minimum Gasteiger partial charge on any atom is -0.411 e. The normalized spacial score (nSPS) is 15.0. The summed E-state index contributed by atoms with van der Waals surface area (Å²) in [7, 11) is -1.39. The SMILES string of the molecule is C=CCC(/C=C/C)O[Si](C)(C)C. The van der Waals surface area contributed by atoms with Gasteiger partial charge in [0.25, 0.3) is 0 Å². The predicted molar refractivity (Wildman–Crippen MR) is 57.8 cm³/mol. The van der Waals surface area contributed by atoms with Crippen molar-refractivity contribution in [1.82, 2.24) is 0 Å². The fourth-order valence-electron chi connectivity index (χ4n) is 0.999. The van der Waals surface area contributed by atoms with E-state index in [-0.39, 0.29) is 6.10 Å². The van der Waals surface area contributed by atoms with Gasteiger partial charge in [0.05, 0.1) is 6.10 Å². The molecule has 0 amide bonds. The molecule has 2 heteroatoms. The highest BCUT2D eigenvalue weighted by molar-refractivity contribution is 6.69. The molecule has 1 unspecified atom stereocenters. The summed E-state index contributed by atoms with van der Waals surface area (Å²) in [5, 5.41) is 0. The Balaban J connectivity index is 4.03. The maximum Gasteiger partial charge on any atom is 0.184 e. The third kappa shape index (κ3) is 6.37. The average Bonchev–Trinajstić information content (AvgIpc) is 1.84. The van der Waals surface area contributed by atoms with E-state index in [1.165, 1.54) is 0 Å². The summed E-state index contributed by atoms with van der Waals surface area (Å²) in [5.74, 6) is 0. The smallest absolute Gasteiger partial charge is 0.184 e. The first kappa shape index (κ1) is 11.7. The summed E-state index contributed by atoms with van der Waals surface area (Å²) >= 11 is 0. The fraction of sp³-hybridized carbons (Fsp3) is 0.600. The second-order valence-corrected chi connectivity index (χ2v) is 8.28. The monoisotopic (exact) mass is 184 g/mol. The molecule has 0 aliphatic carbocycles. The highest BCUT2D eigenvalue weighted by Gasteiger charge is 2.18. The molecule has 0 aliphatic heterocycles. The Labute approximate surface area is 77.3 Å². The molecular formula is C10H20OSi. The average molecular weight is 184 g/mol. The largest absolute Gasteiger partial charge is 0.411 e. The molecule has 0 saturated carbocycles. The zero-order valence-corrected chi connectivity index (χ0v) is 9.63. The molecule has 0 radical (unpaired) electrons. The first-order chi connectivity index (χ1) is 5.49. The zero-order valence-electron chi connectivity index (χ0n) is 8.63. The lowest BCUT2D eigenvalue weighted by Crippen LogP contribution is -2.30. The first-order valence-corrected chi connectivity index (χ1v) is 7.82. The number of rotatable bonds is 5. The van der Waals surface area contributed by atoms with Crippen molar-refractivity contribution in [3.63, 3.8) is 0 Å². The highest BCUT2D eigenvalue weighted by atomic mass is 28.4. The molecule has 0 aromatic heterocycles. The van der Waals surface area contributed by atoms with E-state index in [1.54, 1.807) is 0 Å². The van der Waals surface area contributed by atoms with Crippen molar-refractivity contribution in [2.24, 2.45) is 0 Å². The van der Waals surface area contributed by atoms with Crippen LogP contribution in [-0.4, -0.2) is 14.4 Å². The van der Waals surface area contributed by atoms with Gasteiger partial charge in [-0.1, -0.05) is 18.2 Å². The van der Waals surface area contributed by atoms with Gasteiger partial charge in [-0.05, 0) is 33.0 Å². The highest BCUT2D eigenvalue weighted by Crippen LogP contribution is 2.11. The lowest BCUT2D eigenvalue weighted by molar-refractivity contribution is 0.245. The van der Waals surface area contributed by atoms with Crippen molar-refractivity contribution in [2.75, 3.05) is 0 Å². The number of hydrogen-bond donors (Lipinski definition) is 0. The van der Waals surface area contributed by atoms with Crippen molar-refractivity contribution < 1.29 is 4.43 Å². The van der Waals surface area contributed by atoms with Crippen molar-refractivity contribution in [2.45, 2.75) is 39.1 Å². The molecule has 0 aromatic carbocycles. The standard InChI is InChI=1S/C10H20OSi/c1-6-8-10(9-7-2)11-12(3,4)5/h6-7,9-10H,1,8H2,2-5H3/b9-7+. The Hall–Kier alpha value is -0.343. The molecule has 70 valence electrons. The van der Waals surface area contributed by atoms with Gasteiger partial charge in [-0.2, -0.15) is 0 Å². The number of hydrogen-bond acceptors (Lipinski definition) is 1. The molecule has 1 nitrogen and oxygen atoms in total. The predicted octanol–water partition coefficient (Wildman–Crippen LogP) is 3.36. The van der Waals surface area contributed by atoms with Gasteiger partial charge in [-0.25, -0.2) is 0 Å². The Bertz CT molecular complexity index is 156. The van der Waals surface area contributed by atoms with E-state index in [9.17, 15) is 0 Å². The Kier molecular flexibility index (Phi) is 5.18. The summed E-state index contributed by atoms with van der Waals surface area (Å²) in [4.78, 5) is 0. The van der Waals surface area contributed by atoms with E-state index in [2.05, 4.69) is 32.3 Å². The summed E-state index contributed by atoms with van der Waals surface area (Å²) in [6.45, 7) is 12.3. The molecule has 0 aliphatic rings. The van der Waals surface area contributed by atoms with Gasteiger partial charge in [0.2, 0.25) is 0 Å². The molecule has 0 bridgehead atoms. The Morgan fingerprint density at radius 2 is 2.00 bits per heavy atom. The van der Waals surface area contributed by atoms with E-state index in [0.717, 1.165) is 6.42 Å². The van der Waals surface area contributed by atoms with Crippen molar-refractivity contribution in [1.29, 1.82) is 0 Å². The van der Waals surface area contributed by atoms with Crippen LogP contribution >= 0.6 is 0 Å². The minimum atomic E-state index is -1.39. The van der Waals surface area contributed by atoms with Gasteiger partial charge < -0.3 is 4.43 Å². The second kappa shape index (κ2) is 5.33. The molecular weight excluding hydrogens is 164 g/mol. The van der Waals surface area contributed by atoms with E-state index in [0.29, 0.717) is 0 Å². The molecule has 0 rings (SSSR count). The van der Waals surface area contributed by atoms with Crippen molar-refractivity contribution in [3.05, 3.63) is 24.8 Å². The van der Waals surface area contributed by atoms with Crippen molar-refractivity contribution in [3.8, 4) is 0 Å². The van der Waals surface area contributed by atoms with Crippen LogP contribution in [0.2, 0.25) is 19.6 Å². The van der Waals surface area contributed by atoms with Gasteiger partial charge >= 0.3 is 0 Å². The third-order valence-corrected chi connectivity index (χ3v) is 2.32. The third-order valence-electron chi connectivity index (χ3n) is 1.31. The van der Waals surface area contributed by atoms with E-state index in [4.69, 9.17) is 4.43 Å². The molecule has 1 atom stereocenters. The lowest BCUT2D eigenvalue weighted by atomic mass is 10.2. The zero-order chi connectivity index (χ0) is 9.61. The maximum atomic E-state index is 5.90. The van der Waals surface area contributed by atoms with Crippen LogP contribution in [0.25, 0.3) is 0 Å². The summed E-state index contributed by atoms with van der Waals surface area (Å²) in [5.41, 5.74) is 0. The van der Waals surface area contributed by atoms with Crippen LogP contribution in [0.5, 0.6) is 0 Å². The maximum absolute atomic E-state index is 5.90. The van der Waals surface area contributed by atoms with Gasteiger partial charge in [0.1, 0.15) is 0 Å². The van der Waals surface area contributed by atoms with Crippen LogP contribution in [-0.2, 0) is 4.43 Å². The second-order valence-electron chi connectivity index (χ2n) is 3.82. The van der Waals surface area contributed by atoms with Gasteiger partial charge in [-0.3, -0.25) is 0 Å². The van der Waals surface area contributed by atoms with Crippen LogP contribution in [0.3, 0.4) is 0 Å². The molecule has 0 spiro atoms. The van der Waals surface area contributed by atoms with Crippen molar-refractivity contribution >= 4 is 8.32 Å². The Morgan fingerprint density at radius 3 is 2.33 bits per heavy atom. The number of allylic oxidation sites excluding steroid dienone is 1. The minimum absolute atomic E-state index is 0.235. The molecule has 0 saturated heterocycles. The topological polar surface area (TPSA) is 9.23 Å². The van der Waals surface area contributed by atoms with E-state index < -0.39 is 8.32 Å². The first-order valence-electron chi connectivity index (χ1n) is 4.41. The molecule has 12 heavy (non-hydrogen) atoms. The van der Waals surface area contributed by atoms with Gasteiger partial charge in [-0.15, -0.1) is 6.58 Å². The molecule has 0 fully saturated rings. The fourth-order valence-corrected chi connectivity index (χ4v) is 2.08. The quantitative estimate of drug-likeness (QED) is 0.470. The van der Waals surface area contributed by atoms with Crippen LogP contribution in [0.4, 0.5) is 0 Å². The molecule has 0 N–H and O–H groups in total. The van der Waals surface area contributed by atoms with Gasteiger partial charge in [0.15, 0.2) is 8.32 Å². The van der Waals surface area contributed by atoms with Crippen LogP contribution in [0, 0.1) is 0 Å². The van der Waals surface area contributed by atoms with Crippen LogP contribution in [0.1, 0.15) is 13.3 Å². The summed E-state index contributed by atoms with van der Waals surface area (Å²) < 4.78 is 5.90. The lowest BCUT2D eigenvalue weighted by Gasteiger charge is -2.23. The van der Waals surface area contributed by atoms with Crippen LogP contribution < -0.4 is 0 Å². The molecule has 0 aromatic rings. The van der Waals surface area contributed by atoms with Gasteiger partial charge in [0, 0.05) is 0 Å². The summed E-state index contributed by atoms with van der Waals surface area (Å²) in [6, 6.07) is 0. The molecule has 0 heterocycles. The van der Waals surface area contributed by atoms with E-state index >= 15 is 0 Å². The van der Waals surface area contributed by atoms with E-state index in [1.807, 2.05) is 19.1 Å².